The largest absolute Gasteiger partial charge is 0.490 e. The first-order chi connectivity index (χ1) is 13.3. The summed E-state index contributed by atoms with van der Waals surface area (Å²) in [5, 5.41) is 3.07. The van der Waals surface area contributed by atoms with Gasteiger partial charge in [0, 0.05) is 31.6 Å². The molecule has 2 heterocycles. The van der Waals surface area contributed by atoms with E-state index in [4.69, 9.17) is 9.47 Å². The molecule has 0 aliphatic carbocycles. The normalized spacial score (nSPS) is 20.4. The van der Waals surface area contributed by atoms with Gasteiger partial charge in [0.2, 0.25) is 5.91 Å². The van der Waals surface area contributed by atoms with E-state index in [1.807, 2.05) is 30.3 Å². The van der Waals surface area contributed by atoms with E-state index in [-0.39, 0.29) is 11.9 Å². The molecule has 0 bridgehead atoms. The van der Waals surface area contributed by atoms with Crippen LogP contribution in [-0.4, -0.2) is 43.2 Å². The van der Waals surface area contributed by atoms with Crippen LogP contribution in [0, 0.1) is 0 Å². The molecule has 1 amide bonds. The second-order valence-electron chi connectivity index (χ2n) is 7.12. The highest BCUT2D eigenvalue weighted by Gasteiger charge is 2.29. The molecule has 2 aliphatic rings. The monoisotopic (exact) mass is 366 g/mol. The zero-order valence-electron chi connectivity index (χ0n) is 15.5. The average Bonchev–Trinajstić information content (AvgIpc) is 3.03. The summed E-state index contributed by atoms with van der Waals surface area (Å²) < 4.78 is 11.8. The Kier molecular flexibility index (Phi) is 5.58. The van der Waals surface area contributed by atoms with Crippen LogP contribution < -0.4 is 14.8 Å². The Labute approximate surface area is 160 Å². The zero-order chi connectivity index (χ0) is 18.5. The van der Waals surface area contributed by atoms with E-state index < -0.39 is 0 Å². The van der Waals surface area contributed by atoms with Crippen LogP contribution in [0.5, 0.6) is 11.5 Å². The highest BCUT2D eigenvalue weighted by Crippen LogP contribution is 2.34. The zero-order valence-corrected chi connectivity index (χ0v) is 15.5. The smallest absolute Gasteiger partial charge is 0.237 e. The van der Waals surface area contributed by atoms with Gasteiger partial charge in [-0.1, -0.05) is 42.5 Å². The van der Waals surface area contributed by atoms with Gasteiger partial charge < -0.3 is 14.8 Å². The van der Waals surface area contributed by atoms with Crippen molar-refractivity contribution < 1.29 is 14.3 Å². The van der Waals surface area contributed by atoms with Crippen LogP contribution >= 0.6 is 0 Å². The van der Waals surface area contributed by atoms with Gasteiger partial charge in [-0.2, -0.15) is 0 Å². The van der Waals surface area contributed by atoms with Crippen molar-refractivity contribution in [3.8, 4) is 11.5 Å². The van der Waals surface area contributed by atoms with Crippen LogP contribution in [0.4, 0.5) is 0 Å². The Morgan fingerprint density at radius 1 is 1.00 bits per heavy atom. The number of fused-ring (bicyclic) bond motifs is 1. The molecule has 5 nitrogen and oxygen atoms in total. The number of carbonyl (C=O) groups excluding carboxylic acids is 1. The van der Waals surface area contributed by atoms with E-state index in [1.165, 1.54) is 5.56 Å². The molecule has 1 saturated heterocycles. The minimum Gasteiger partial charge on any atom is -0.490 e. The van der Waals surface area contributed by atoms with Gasteiger partial charge >= 0.3 is 0 Å². The summed E-state index contributed by atoms with van der Waals surface area (Å²) in [5.41, 5.74) is 2.26. The third kappa shape index (κ3) is 4.25. The van der Waals surface area contributed by atoms with Crippen LogP contribution in [0.15, 0.2) is 48.5 Å². The fourth-order valence-corrected chi connectivity index (χ4v) is 3.78. The molecule has 1 atom stereocenters. The molecule has 4 rings (SSSR count). The molecule has 27 heavy (non-hydrogen) atoms. The molecule has 0 radical (unpaired) electrons. The molecule has 1 fully saturated rings. The Balaban J connectivity index is 1.59. The number of para-hydroxylation sites is 1. The number of ether oxygens (including phenoxy) is 2. The number of hydrogen-bond acceptors (Lipinski definition) is 4. The highest BCUT2D eigenvalue weighted by molar-refractivity contribution is 5.82. The van der Waals surface area contributed by atoms with Crippen molar-refractivity contribution in [3.63, 3.8) is 0 Å². The Bertz CT molecular complexity index is 778. The predicted molar refractivity (Wildman–Crippen MR) is 104 cm³/mol. The van der Waals surface area contributed by atoms with E-state index in [2.05, 4.69) is 28.4 Å². The average molecular weight is 366 g/mol. The third-order valence-corrected chi connectivity index (χ3v) is 5.16. The van der Waals surface area contributed by atoms with E-state index >= 15 is 0 Å². The van der Waals surface area contributed by atoms with E-state index in [0.717, 1.165) is 43.0 Å². The molecule has 0 aromatic heterocycles. The quantitative estimate of drug-likeness (QED) is 0.904. The van der Waals surface area contributed by atoms with Crippen molar-refractivity contribution in [2.75, 3.05) is 26.3 Å². The summed E-state index contributed by atoms with van der Waals surface area (Å²) in [7, 11) is 0. The van der Waals surface area contributed by atoms with Crippen LogP contribution in [0.1, 0.15) is 24.0 Å². The first-order valence-corrected chi connectivity index (χ1v) is 9.74. The number of benzene rings is 2. The molecular weight excluding hydrogens is 340 g/mol. The van der Waals surface area contributed by atoms with Crippen molar-refractivity contribution in [2.24, 2.45) is 0 Å². The number of carbonyl (C=O) groups is 1. The Morgan fingerprint density at radius 2 is 1.85 bits per heavy atom. The van der Waals surface area contributed by atoms with Crippen molar-refractivity contribution in [1.82, 2.24) is 10.2 Å². The lowest BCUT2D eigenvalue weighted by Crippen LogP contribution is -2.45. The van der Waals surface area contributed by atoms with Gasteiger partial charge in [-0.25, -0.2) is 0 Å². The summed E-state index contributed by atoms with van der Waals surface area (Å²) in [4.78, 5) is 15.0. The molecular formula is C22H26N2O3. The van der Waals surface area contributed by atoms with E-state index in [9.17, 15) is 4.79 Å². The molecule has 5 heteroatoms. The molecule has 2 aliphatic heterocycles. The maximum Gasteiger partial charge on any atom is 0.237 e. The maximum absolute atomic E-state index is 12.8. The van der Waals surface area contributed by atoms with Crippen molar-refractivity contribution in [1.29, 1.82) is 0 Å². The Morgan fingerprint density at radius 3 is 2.74 bits per heavy atom. The van der Waals surface area contributed by atoms with Gasteiger partial charge in [0.25, 0.3) is 0 Å². The number of nitrogens with one attached hydrogen (secondary N) is 1. The number of hydrogen-bond donors (Lipinski definition) is 1. The summed E-state index contributed by atoms with van der Waals surface area (Å²) in [6, 6.07) is 16.1. The van der Waals surface area contributed by atoms with Gasteiger partial charge in [-0.05, 0) is 24.5 Å². The van der Waals surface area contributed by atoms with Crippen molar-refractivity contribution in [2.45, 2.75) is 31.8 Å². The van der Waals surface area contributed by atoms with E-state index in [0.29, 0.717) is 26.2 Å². The Hall–Kier alpha value is -2.53. The number of amides is 1. The van der Waals surface area contributed by atoms with Crippen molar-refractivity contribution >= 4 is 5.91 Å². The SMILES string of the molecule is O=C1NCCCN(Cc2cccc3c2OCCCO3)C1Cc1ccccc1. The molecule has 0 spiro atoms. The van der Waals surface area contributed by atoms with Crippen LogP contribution in [-0.2, 0) is 17.8 Å². The van der Waals surface area contributed by atoms with Crippen LogP contribution in [0.3, 0.4) is 0 Å². The second-order valence-corrected chi connectivity index (χ2v) is 7.12. The first kappa shape index (κ1) is 17.9. The van der Waals surface area contributed by atoms with Gasteiger partial charge in [-0.15, -0.1) is 0 Å². The predicted octanol–water partition coefficient (Wildman–Crippen LogP) is 2.78. The highest BCUT2D eigenvalue weighted by atomic mass is 16.5. The second kappa shape index (κ2) is 8.44. The fraction of sp³-hybridized carbons (Fsp3) is 0.409. The summed E-state index contributed by atoms with van der Waals surface area (Å²) >= 11 is 0. The third-order valence-electron chi connectivity index (χ3n) is 5.16. The van der Waals surface area contributed by atoms with Gasteiger partial charge in [0.05, 0.1) is 19.3 Å². The maximum atomic E-state index is 12.8. The summed E-state index contributed by atoms with van der Waals surface area (Å²) in [6.45, 7) is 3.63. The topological polar surface area (TPSA) is 50.8 Å². The molecule has 2 aromatic rings. The van der Waals surface area contributed by atoms with E-state index in [1.54, 1.807) is 0 Å². The lowest BCUT2D eigenvalue weighted by molar-refractivity contribution is -0.125. The molecule has 1 N–H and O–H groups in total. The lowest BCUT2D eigenvalue weighted by Gasteiger charge is -2.29. The molecule has 0 saturated carbocycles. The van der Waals surface area contributed by atoms with Crippen LogP contribution in [0.2, 0.25) is 0 Å². The van der Waals surface area contributed by atoms with Gasteiger partial charge in [0.15, 0.2) is 11.5 Å². The van der Waals surface area contributed by atoms with Gasteiger partial charge in [0.1, 0.15) is 0 Å². The molecule has 142 valence electrons. The number of rotatable bonds is 4. The number of nitrogens with zero attached hydrogens (tertiary/aromatic N) is 1. The molecule has 2 aromatic carbocycles. The van der Waals surface area contributed by atoms with Gasteiger partial charge in [-0.3, -0.25) is 9.69 Å². The molecule has 1 unspecified atom stereocenters. The standard InChI is InChI=1S/C22H26N2O3/c25-22-19(15-17-7-2-1-3-8-17)24(12-5-11-23-22)16-18-9-4-10-20-21(18)27-14-6-13-26-20/h1-4,7-10,19H,5-6,11-16H2,(H,23,25). The summed E-state index contributed by atoms with van der Waals surface area (Å²) in [6.07, 6.45) is 2.54. The minimum atomic E-state index is -0.183. The summed E-state index contributed by atoms with van der Waals surface area (Å²) in [5.74, 6) is 1.75. The van der Waals surface area contributed by atoms with Crippen molar-refractivity contribution in [3.05, 3.63) is 59.7 Å². The first-order valence-electron chi connectivity index (χ1n) is 9.74. The lowest BCUT2D eigenvalue weighted by atomic mass is 10.0. The fourth-order valence-electron chi connectivity index (χ4n) is 3.78. The van der Waals surface area contributed by atoms with Crippen LogP contribution in [0.25, 0.3) is 0 Å². The minimum absolute atomic E-state index is 0.107.